The van der Waals surface area contributed by atoms with Gasteiger partial charge in [0.25, 0.3) is 0 Å². The summed E-state index contributed by atoms with van der Waals surface area (Å²) in [7, 11) is -6.56. The molecular weight excluding hydrogens is 419 g/mol. The first-order valence-corrected chi connectivity index (χ1v) is 13.0. The van der Waals surface area contributed by atoms with Crippen LogP contribution in [0.1, 0.15) is 23.7 Å². The quantitative estimate of drug-likeness (QED) is 0.426. The van der Waals surface area contributed by atoms with Gasteiger partial charge in [-0.1, -0.05) is 66.2 Å². The molecule has 30 heavy (non-hydrogen) atoms. The molecule has 0 spiro atoms. The van der Waals surface area contributed by atoms with Crippen molar-refractivity contribution in [3.63, 3.8) is 0 Å². The minimum Gasteiger partial charge on any atom is -0.744 e. The first-order valence-electron chi connectivity index (χ1n) is 9.29. The van der Waals surface area contributed by atoms with E-state index in [1.165, 1.54) is 12.1 Å². The fourth-order valence-electron chi connectivity index (χ4n) is 2.97. The molecule has 3 aromatic carbocycles. The van der Waals surface area contributed by atoms with Crippen LogP contribution < -0.4 is 5.30 Å². The molecule has 7 heteroatoms. The topological polar surface area (TPSA) is 94.5 Å². The Morgan fingerprint density at radius 2 is 1.37 bits per heavy atom. The number of hydrogen-bond acceptors (Lipinski definition) is 4. The predicted octanol–water partition coefficient (Wildman–Crippen LogP) is 5.30. The molecule has 0 bridgehead atoms. The van der Waals surface area contributed by atoms with E-state index >= 15 is 0 Å². The third-order valence-corrected chi connectivity index (χ3v) is 9.92. The van der Waals surface area contributed by atoms with Crippen molar-refractivity contribution in [1.29, 1.82) is 0 Å². The van der Waals surface area contributed by atoms with Crippen molar-refractivity contribution in [2.24, 2.45) is 0 Å². The number of benzene rings is 3. The second-order valence-electron chi connectivity index (χ2n) is 7.05. The van der Waals surface area contributed by atoms with Crippen LogP contribution in [0.15, 0.2) is 89.8 Å². The van der Waals surface area contributed by atoms with Crippen LogP contribution in [0.2, 0.25) is 0 Å². The molecule has 158 valence electrons. The number of carboxylic acid groups (broad SMARTS) is 1. The zero-order valence-electron chi connectivity index (χ0n) is 17.1. The first kappa shape index (κ1) is 23.7. The Labute approximate surface area is 178 Å². The van der Waals surface area contributed by atoms with Crippen LogP contribution in [-0.2, 0) is 10.1 Å². The molecule has 0 saturated carbocycles. The Bertz CT molecular complexity index is 1070. The van der Waals surface area contributed by atoms with Gasteiger partial charge in [0.2, 0.25) is 0 Å². The van der Waals surface area contributed by atoms with Gasteiger partial charge < -0.3 is 9.66 Å². The van der Waals surface area contributed by atoms with Crippen molar-refractivity contribution in [3.8, 4) is 0 Å². The Kier molecular flexibility index (Phi) is 7.90. The number of aryl methyl sites for hydroxylation is 1. The van der Waals surface area contributed by atoms with Gasteiger partial charge >= 0.3 is 5.71 Å². The van der Waals surface area contributed by atoms with E-state index in [2.05, 4.69) is 0 Å². The lowest BCUT2D eigenvalue weighted by atomic mass is 10.2. The second kappa shape index (κ2) is 9.98. The minimum atomic E-state index is -4.27. The maximum atomic E-state index is 11.9. The first-order chi connectivity index (χ1) is 14.1. The number of rotatable bonds is 5. The van der Waals surface area contributed by atoms with Crippen LogP contribution in [0.25, 0.3) is 0 Å². The summed E-state index contributed by atoms with van der Waals surface area (Å²) in [5, 5.41) is 10.7. The third-order valence-electron chi connectivity index (χ3n) is 5.06. The van der Waals surface area contributed by atoms with Gasteiger partial charge in [0, 0.05) is 0 Å². The van der Waals surface area contributed by atoms with E-state index in [0.29, 0.717) is 0 Å². The van der Waals surface area contributed by atoms with Crippen LogP contribution in [0.4, 0.5) is 4.79 Å². The molecule has 0 aliphatic rings. The van der Waals surface area contributed by atoms with Crippen LogP contribution in [0.5, 0.6) is 0 Å². The highest BCUT2D eigenvalue weighted by molar-refractivity contribution is 7.96. The van der Waals surface area contributed by atoms with E-state index in [1.54, 1.807) is 12.1 Å². The second-order valence-corrected chi connectivity index (χ2v) is 12.3. The van der Waals surface area contributed by atoms with E-state index < -0.39 is 23.1 Å². The molecule has 0 heterocycles. The molecule has 5 nitrogen and oxygen atoms in total. The maximum absolute atomic E-state index is 11.9. The van der Waals surface area contributed by atoms with Crippen molar-refractivity contribution < 1.29 is 22.9 Å². The summed E-state index contributed by atoms with van der Waals surface area (Å²) in [6, 6.07) is 25.3. The molecular formula is C23H25O5PS. The summed E-state index contributed by atoms with van der Waals surface area (Å²) in [6.45, 7) is 5.74. The smallest absolute Gasteiger partial charge is 0.453 e. The highest BCUT2D eigenvalue weighted by atomic mass is 32.2. The fourth-order valence-corrected chi connectivity index (χ4v) is 6.00. The number of hydrogen-bond donors (Lipinski definition) is 1. The van der Waals surface area contributed by atoms with Gasteiger partial charge in [-0.3, -0.25) is 0 Å². The molecule has 3 rings (SSSR count). The molecule has 3 aromatic rings. The summed E-state index contributed by atoms with van der Waals surface area (Å²) in [5.41, 5.74) is 1.34. The summed E-state index contributed by atoms with van der Waals surface area (Å²) in [5.74, 6) is 0. The van der Waals surface area contributed by atoms with Crippen molar-refractivity contribution in [2.75, 3.05) is 6.66 Å². The molecule has 2 unspecified atom stereocenters. The Morgan fingerprint density at radius 1 is 0.900 bits per heavy atom. The highest BCUT2D eigenvalue weighted by Gasteiger charge is 2.50. The van der Waals surface area contributed by atoms with Gasteiger partial charge in [-0.15, -0.1) is 0 Å². The fraction of sp³-hybridized carbons (Fsp3) is 0.174. The molecule has 0 aromatic heterocycles. The monoisotopic (exact) mass is 444 g/mol. The molecule has 0 amide bonds. The van der Waals surface area contributed by atoms with E-state index in [4.69, 9.17) is 0 Å². The van der Waals surface area contributed by atoms with Crippen molar-refractivity contribution >= 4 is 28.4 Å². The summed E-state index contributed by atoms with van der Waals surface area (Å²) < 4.78 is 31.2. The lowest BCUT2D eigenvalue weighted by Crippen LogP contribution is -2.21. The zero-order chi connectivity index (χ0) is 22.4. The normalized spacial score (nSPS) is 14.0. The molecule has 0 radical (unpaired) electrons. The Morgan fingerprint density at radius 3 is 1.80 bits per heavy atom. The standard InChI is InChI=1S/C16H17O2P.C7H8O3S/c1-13(14-9-5-3-6-10-14)19(2,16(17)18)15-11-7-4-8-12-15;1-6-2-4-7(5-3-6)11(8,9)10/h3-13H,1-2H3;2-5H,1H3,(H,8,9,10). The Hall–Kier alpha value is -2.53. The van der Waals surface area contributed by atoms with Crippen molar-refractivity contribution in [3.05, 3.63) is 96.1 Å². The van der Waals surface area contributed by atoms with Gasteiger partial charge in [-0.25, -0.2) is 13.2 Å². The van der Waals surface area contributed by atoms with Crippen molar-refractivity contribution in [2.45, 2.75) is 24.4 Å². The minimum absolute atomic E-state index is 0.00796. The summed E-state index contributed by atoms with van der Waals surface area (Å²) >= 11 is 0. The van der Waals surface area contributed by atoms with Crippen LogP contribution in [0, 0.1) is 6.92 Å². The van der Waals surface area contributed by atoms with Crippen LogP contribution in [0.3, 0.4) is 0 Å². The lowest BCUT2D eigenvalue weighted by molar-refractivity contribution is 0.220. The highest BCUT2D eigenvalue weighted by Crippen LogP contribution is 2.66. The van der Waals surface area contributed by atoms with E-state index in [1.807, 2.05) is 81.2 Å². The van der Waals surface area contributed by atoms with Crippen molar-refractivity contribution in [1.82, 2.24) is 0 Å². The van der Waals surface area contributed by atoms with E-state index in [-0.39, 0.29) is 10.6 Å². The largest absolute Gasteiger partial charge is 0.744 e. The van der Waals surface area contributed by atoms with Gasteiger partial charge in [0.05, 0.1) is 11.6 Å². The summed E-state index contributed by atoms with van der Waals surface area (Å²) in [4.78, 5) is 11.7. The van der Waals surface area contributed by atoms with Gasteiger partial charge in [-0.05, 0) is 43.7 Å². The van der Waals surface area contributed by atoms with Gasteiger partial charge in [0.1, 0.15) is 21.1 Å². The summed E-state index contributed by atoms with van der Waals surface area (Å²) in [6.07, 6.45) is 0. The zero-order valence-corrected chi connectivity index (χ0v) is 18.8. The SMILES string of the molecule is CC(c1ccccc1)[P+](C)(C(=O)O)c1ccccc1.Cc1ccc(S(=O)(=O)[O-])cc1. The van der Waals surface area contributed by atoms with Gasteiger partial charge in [0.15, 0.2) is 7.26 Å². The molecule has 1 N–H and O–H groups in total. The third kappa shape index (κ3) is 5.76. The van der Waals surface area contributed by atoms with E-state index in [9.17, 15) is 22.9 Å². The van der Waals surface area contributed by atoms with Gasteiger partial charge in [-0.2, -0.15) is 0 Å². The van der Waals surface area contributed by atoms with E-state index in [0.717, 1.165) is 16.4 Å². The predicted molar refractivity (Wildman–Crippen MR) is 121 cm³/mol. The van der Waals surface area contributed by atoms with Crippen LogP contribution >= 0.6 is 7.26 Å². The van der Waals surface area contributed by atoms with Crippen LogP contribution in [-0.4, -0.2) is 30.5 Å². The maximum Gasteiger partial charge on any atom is 0.453 e. The average Bonchev–Trinajstić information content (AvgIpc) is 2.74. The molecule has 0 saturated heterocycles. The molecule has 0 aliphatic heterocycles. The molecule has 0 fully saturated rings. The molecule has 2 atom stereocenters. The Balaban J connectivity index is 0.000000248. The average molecular weight is 444 g/mol. The lowest BCUT2D eigenvalue weighted by Gasteiger charge is -2.24. The number of carbonyl (C=O) groups is 1. The molecule has 0 aliphatic carbocycles.